The predicted octanol–water partition coefficient (Wildman–Crippen LogP) is -0.692. The maximum Gasteiger partial charge on any atom is 0.104 e. The summed E-state index contributed by atoms with van der Waals surface area (Å²) in [5.74, 6) is 0.0162. The second-order valence-electron chi connectivity index (χ2n) is 3.08. The molecule has 0 rings (SSSR count). The van der Waals surface area contributed by atoms with Crippen LogP contribution >= 0.6 is 0 Å². The molecule has 4 heteroatoms. The van der Waals surface area contributed by atoms with Crippen LogP contribution in [-0.2, 0) is 4.74 Å². The molecule has 0 heterocycles. The lowest BCUT2D eigenvalue weighted by Gasteiger charge is -2.33. The summed E-state index contributed by atoms with van der Waals surface area (Å²) in [6.07, 6.45) is 0.813. The Bertz CT molecular complexity index is 118. The first-order chi connectivity index (χ1) is 5.64. The third kappa shape index (κ3) is 2.71. The van der Waals surface area contributed by atoms with E-state index < -0.39 is 5.60 Å². The second kappa shape index (κ2) is 5.48. The number of ether oxygens (including phenoxy) is 1. The van der Waals surface area contributed by atoms with Crippen molar-refractivity contribution in [1.82, 2.24) is 0 Å². The van der Waals surface area contributed by atoms with E-state index in [1.807, 2.05) is 6.92 Å². The Kier molecular flexibility index (Phi) is 5.41. The first-order valence-electron chi connectivity index (χ1n) is 4.26. The minimum absolute atomic E-state index is 0.0162. The van der Waals surface area contributed by atoms with Gasteiger partial charge in [0, 0.05) is 19.6 Å². The molecule has 2 atom stereocenters. The largest absolute Gasteiger partial charge is 0.386 e. The summed E-state index contributed by atoms with van der Waals surface area (Å²) < 4.78 is 4.90. The normalized spacial score (nSPS) is 18.8. The highest BCUT2D eigenvalue weighted by Crippen LogP contribution is 2.19. The van der Waals surface area contributed by atoms with Gasteiger partial charge in [0.05, 0.1) is 6.61 Å². The van der Waals surface area contributed by atoms with Gasteiger partial charge in [0.25, 0.3) is 0 Å². The monoisotopic (exact) mass is 176 g/mol. The minimum Gasteiger partial charge on any atom is -0.386 e. The van der Waals surface area contributed by atoms with Crippen molar-refractivity contribution in [3.63, 3.8) is 0 Å². The summed E-state index contributed by atoms with van der Waals surface area (Å²) in [4.78, 5) is 0. The van der Waals surface area contributed by atoms with Gasteiger partial charge < -0.3 is 21.3 Å². The van der Waals surface area contributed by atoms with Crippen LogP contribution in [0, 0.1) is 5.92 Å². The number of hydrogen-bond donors (Lipinski definition) is 3. The lowest BCUT2D eigenvalue weighted by Crippen LogP contribution is -2.51. The molecular weight excluding hydrogens is 156 g/mol. The molecule has 5 N–H and O–H groups in total. The molecule has 0 aromatic rings. The first kappa shape index (κ1) is 11.8. The smallest absolute Gasteiger partial charge is 0.104 e. The maximum atomic E-state index is 9.95. The fourth-order valence-corrected chi connectivity index (χ4v) is 1.36. The van der Waals surface area contributed by atoms with Gasteiger partial charge >= 0.3 is 0 Å². The fraction of sp³-hybridized carbons (Fsp3) is 1.00. The van der Waals surface area contributed by atoms with E-state index in [4.69, 9.17) is 16.2 Å². The van der Waals surface area contributed by atoms with Gasteiger partial charge in [-0.1, -0.05) is 6.92 Å². The van der Waals surface area contributed by atoms with E-state index >= 15 is 0 Å². The number of nitrogens with two attached hydrogens (primary N) is 2. The number of methoxy groups -OCH3 is 1. The van der Waals surface area contributed by atoms with Gasteiger partial charge in [0.2, 0.25) is 0 Å². The van der Waals surface area contributed by atoms with Crippen LogP contribution in [0.25, 0.3) is 0 Å². The lowest BCUT2D eigenvalue weighted by molar-refractivity contribution is -0.0653. The zero-order chi connectivity index (χ0) is 9.61. The summed E-state index contributed by atoms with van der Waals surface area (Å²) in [7, 11) is 1.55. The topological polar surface area (TPSA) is 81.5 Å². The molecule has 0 aliphatic carbocycles. The van der Waals surface area contributed by atoms with E-state index in [0.29, 0.717) is 6.54 Å². The molecule has 0 bridgehead atoms. The van der Waals surface area contributed by atoms with E-state index in [-0.39, 0.29) is 19.1 Å². The molecule has 0 aliphatic rings. The van der Waals surface area contributed by atoms with Crippen LogP contribution in [0.2, 0.25) is 0 Å². The molecule has 0 spiro atoms. The van der Waals surface area contributed by atoms with E-state index in [2.05, 4.69) is 0 Å². The molecule has 12 heavy (non-hydrogen) atoms. The Hall–Kier alpha value is -0.160. The van der Waals surface area contributed by atoms with E-state index in [1.54, 1.807) is 7.11 Å². The van der Waals surface area contributed by atoms with Crippen LogP contribution in [0.4, 0.5) is 0 Å². The average Bonchev–Trinajstić information content (AvgIpc) is 2.07. The van der Waals surface area contributed by atoms with Crippen LogP contribution in [-0.4, -0.2) is 37.5 Å². The third-order valence-corrected chi connectivity index (χ3v) is 2.29. The zero-order valence-corrected chi connectivity index (χ0v) is 7.92. The van der Waals surface area contributed by atoms with Crippen molar-refractivity contribution in [2.45, 2.75) is 18.9 Å². The molecular formula is C8H20N2O2. The number of rotatable bonds is 6. The van der Waals surface area contributed by atoms with Crippen molar-refractivity contribution in [2.75, 3.05) is 26.8 Å². The highest BCUT2D eigenvalue weighted by atomic mass is 16.5. The first-order valence-corrected chi connectivity index (χ1v) is 4.26. The fourth-order valence-electron chi connectivity index (χ4n) is 1.36. The van der Waals surface area contributed by atoms with E-state index in [1.165, 1.54) is 0 Å². The molecule has 74 valence electrons. The number of aliphatic hydroxyl groups is 1. The van der Waals surface area contributed by atoms with Gasteiger partial charge in [-0.2, -0.15) is 0 Å². The van der Waals surface area contributed by atoms with Gasteiger partial charge in [-0.25, -0.2) is 0 Å². The molecule has 2 unspecified atom stereocenters. The van der Waals surface area contributed by atoms with Crippen LogP contribution in [0.1, 0.15) is 13.3 Å². The molecule has 0 amide bonds. The average molecular weight is 176 g/mol. The standard InChI is InChI=1S/C8H20N2O2/c1-3-7(4-9)8(11,5-10)6-12-2/h7,11H,3-6,9-10H2,1-2H3. The molecule has 0 radical (unpaired) electrons. The van der Waals surface area contributed by atoms with Crippen LogP contribution in [0.5, 0.6) is 0 Å². The van der Waals surface area contributed by atoms with Gasteiger partial charge in [-0.15, -0.1) is 0 Å². The molecule has 4 nitrogen and oxygen atoms in total. The van der Waals surface area contributed by atoms with Gasteiger partial charge in [0.15, 0.2) is 0 Å². The summed E-state index contributed by atoms with van der Waals surface area (Å²) >= 11 is 0. The summed E-state index contributed by atoms with van der Waals surface area (Å²) in [5, 5.41) is 9.95. The van der Waals surface area contributed by atoms with E-state index in [0.717, 1.165) is 6.42 Å². The molecule has 0 aromatic heterocycles. The molecule has 0 aromatic carbocycles. The third-order valence-electron chi connectivity index (χ3n) is 2.29. The highest BCUT2D eigenvalue weighted by molar-refractivity contribution is 4.87. The summed E-state index contributed by atoms with van der Waals surface area (Å²) in [6, 6.07) is 0. The molecule has 0 saturated heterocycles. The van der Waals surface area contributed by atoms with Gasteiger partial charge in [0.1, 0.15) is 5.60 Å². The van der Waals surface area contributed by atoms with Crippen molar-refractivity contribution in [2.24, 2.45) is 17.4 Å². The number of hydrogen-bond acceptors (Lipinski definition) is 4. The van der Waals surface area contributed by atoms with E-state index in [9.17, 15) is 5.11 Å². The minimum atomic E-state index is -0.960. The van der Waals surface area contributed by atoms with Crippen molar-refractivity contribution in [1.29, 1.82) is 0 Å². The molecule has 0 fully saturated rings. The lowest BCUT2D eigenvalue weighted by atomic mass is 9.86. The Morgan fingerprint density at radius 1 is 1.50 bits per heavy atom. The zero-order valence-electron chi connectivity index (χ0n) is 7.92. The highest BCUT2D eigenvalue weighted by Gasteiger charge is 2.33. The second-order valence-corrected chi connectivity index (χ2v) is 3.08. The summed E-state index contributed by atoms with van der Waals surface area (Å²) in [6.45, 7) is 2.86. The quantitative estimate of drug-likeness (QED) is 0.500. The van der Waals surface area contributed by atoms with Crippen molar-refractivity contribution >= 4 is 0 Å². The van der Waals surface area contributed by atoms with Gasteiger partial charge in [-0.05, 0) is 13.0 Å². The summed E-state index contributed by atoms with van der Waals surface area (Å²) in [5.41, 5.74) is 10.0. The Balaban J connectivity index is 4.24. The van der Waals surface area contributed by atoms with Crippen molar-refractivity contribution < 1.29 is 9.84 Å². The van der Waals surface area contributed by atoms with Crippen LogP contribution < -0.4 is 11.5 Å². The SMILES string of the molecule is CCC(CN)C(O)(CN)COC. The Morgan fingerprint density at radius 3 is 2.33 bits per heavy atom. The van der Waals surface area contributed by atoms with Crippen molar-refractivity contribution in [3.8, 4) is 0 Å². The molecule has 0 aliphatic heterocycles. The van der Waals surface area contributed by atoms with Gasteiger partial charge in [-0.3, -0.25) is 0 Å². The maximum absolute atomic E-state index is 9.95. The Labute approximate surface area is 73.9 Å². The van der Waals surface area contributed by atoms with Crippen LogP contribution in [0.3, 0.4) is 0 Å². The van der Waals surface area contributed by atoms with Crippen LogP contribution in [0.15, 0.2) is 0 Å². The van der Waals surface area contributed by atoms with Crippen molar-refractivity contribution in [3.05, 3.63) is 0 Å². The molecule has 0 saturated carbocycles. The Morgan fingerprint density at radius 2 is 2.08 bits per heavy atom. The predicted molar refractivity (Wildman–Crippen MR) is 48.7 cm³/mol.